The Morgan fingerprint density at radius 3 is 1.62 bits per heavy atom. The summed E-state index contributed by atoms with van der Waals surface area (Å²) in [6, 6.07) is 26.9. The summed E-state index contributed by atoms with van der Waals surface area (Å²) in [4.78, 5) is 4.44. The van der Waals surface area contributed by atoms with Crippen molar-refractivity contribution in [3.63, 3.8) is 0 Å². The Morgan fingerprint density at radius 1 is 0.619 bits per heavy atom. The standard InChI is InChI=1S/C20H18S/c1-15-11-13-16(14-12-15)21(2)19-9-5-3-7-17(19)18-8-4-6-10-20(18)21/h3-14H,1-2H3. The monoisotopic (exact) mass is 290 g/mol. The third kappa shape index (κ3) is 1.71. The molecule has 0 nitrogen and oxygen atoms in total. The van der Waals surface area contributed by atoms with Crippen molar-refractivity contribution in [2.24, 2.45) is 0 Å². The molecule has 1 aliphatic heterocycles. The van der Waals surface area contributed by atoms with Gasteiger partial charge in [0.15, 0.2) is 0 Å². The average Bonchev–Trinajstić information content (AvgIpc) is 2.80. The van der Waals surface area contributed by atoms with Crippen molar-refractivity contribution < 1.29 is 0 Å². The summed E-state index contributed by atoms with van der Waals surface area (Å²) in [5.41, 5.74) is 4.14. The second-order valence-corrected chi connectivity index (χ2v) is 8.91. The number of hydrogen-bond donors (Lipinski definition) is 0. The SMILES string of the molecule is Cc1ccc(S2(C)c3ccccc3-c3ccccc32)cc1. The number of aryl methyl sites for hydroxylation is 1. The second kappa shape index (κ2) is 4.51. The Bertz CT molecular complexity index is 770. The van der Waals surface area contributed by atoms with Crippen molar-refractivity contribution in [2.75, 3.05) is 6.26 Å². The molecular weight excluding hydrogens is 272 g/mol. The van der Waals surface area contributed by atoms with Crippen LogP contribution >= 0.6 is 10.0 Å². The first-order valence-corrected chi connectivity index (χ1v) is 9.29. The van der Waals surface area contributed by atoms with Crippen LogP contribution in [-0.4, -0.2) is 6.26 Å². The first-order valence-electron chi connectivity index (χ1n) is 7.25. The molecule has 0 saturated heterocycles. The van der Waals surface area contributed by atoms with Gasteiger partial charge in [0, 0.05) is 9.79 Å². The van der Waals surface area contributed by atoms with Gasteiger partial charge in [-0.15, -0.1) is 0 Å². The summed E-state index contributed by atoms with van der Waals surface area (Å²) in [7, 11) is -1.12. The van der Waals surface area contributed by atoms with E-state index in [-0.39, 0.29) is 0 Å². The average molecular weight is 290 g/mol. The maximum absolute atomic E-state index is 2.43. The van der Waals surface area contributed by atoms with Gasteiger partial charge in [0.05, 0.1) is 0 Å². The van der Waals surface area contributed by atoms with E-state index in [0.717, 1.165) is 0 Å². The molecule has 0 fully saturated rings. The highest BCUT2D eigenvalue weighted by Crippen LogP contribution is 2.73. The Morgan fingerprint density at radius 2 is 1.10 bits per heavy atom. The Kier molecular flexibility index (Phi) is 2.73. The first kappa shape index (κ1) is 12.7. The predicted octanol–water partition coefficient (Wildman–Crippen LogP) is 5.89. The van der Waals surface area contributed by atoms with Crippen molar-refractivity contribution in [3.05, 3.63) is 78.4 Å². The Labute approximate surface area is 127 Å². The zero-order valence-corrected chi connectivity index (χ0v) is 13.2. The molecule has 0 spiro atoms. The maximum atomic E-state index is 2.43. The molecule has 1 heterocycles. The molecule has 21 heavy (non-hydrogen) atoms. The number of fused-ring (bicyclic) bond motifs is 3. The summed E-state index contributed by atoms with van der Waals surface area (Å²) in [6.45, 7) is 2.15. The zero-order chi connectivity index (χ0) is 14.4. The molecule has 0 unspecified atom stereocenters. The van der Waals surface area contributed by atoms with Gasteiger partial charge in [0.25, 0.3) is 0 Å². The number of hydrogen-bond acceptors (Lipinski definition) is 0. The van der Waals surface area contributed by atoms with Crippen molar-refractivity contribution in [1.29, 1.82) is 0 Å². The summed E-state index contributed by atoms with van der Waals surface area (Å²) in [5.74, 6) is 0. The van der Waals surface area contributed by atoms with Crippen LogP contribution in [0, 0.1) is 6.92 Å². The van der Waals surface area contributed by atoms with Crippen LogP contribution in [0.1, 0.15) is 5.56 Å². The number of rotatable bonds is 1. The van der Waals surface area contributed by atoms with Gasteiger partial charge < -0.3 is 0 Å². The third-order valence-corrected chi connectivity index (χ3v) is 8.12. The van der Waals surface area contributed by atoms with E-state index < -0.39 is 10.0 Å². The molecule has 1 aliphatic rings. The topological polar surface area (TPSA) is 0 Å². The van der Waals surface area contributed by atoms with E-state index in [1.807, 2.05) is 0 Å². The lowest BCUT2D eigenvalue weighted by Gasteiger charge is -2.34. The van der Waals surface area contributed by atoms with Crippen molar-refractivity contribution in [1.82, 2.24) is 0 Å². The zero-order valence-electron chi connectivity index (χ0n) is 12.3. The van der Waals surface area contributed by atoms with Gasteiger partial charge in [-0.05, 0) is 53.5 Å². The molecule has 4 rings (SSSR count). The summed E-state index contributed by atoms with van der Waals surface area (Å²) < 4.78 is 0. The van der Waals surface area contributed by atoms with E-state index in [4.69, 9.17) is 0 Å². The lowest BCUT2D eigenvalue weighted by Crippen LogP contribution is -1.97. The molecule has 3 aromatic rings. The van der Waals surface area contributed by atoms with Crippen LogP contribution in [0.25, 0.3) is 11.1 Å². The first-order chi connectivity index (χ1) is 10.2. The van der Waals surface area contributed by atoms with E-state index in [1.54, 1.807) is 0 Å². The quantitative estimate of drug-likeness (QED) is 0.524. The highest BCUT2D eigenvalue weighted by Gasteiger charge is 2.35. The van der Waals surface area contributed by atoms with Crippen LogP contribution in [0.2, 0.25) is 0 Å². The van der Waals surface area contributed by atoms with E-state index in [1.165, 1.54) is 31.4 Å². The number of benzene rings is 3. The fraction of sp³-hybridized carbons (Fsp3) is 0.100. The van der Waals surface area contributed by atoms with Crippen molar-refractivity contribution >= 4 is 10.0 Å². The summed E-state index contributed by atoms with van der Waals surface area (Å²) in [5, 5.41) is 0. The fourth-order valence-corrected chi connectivity index (χ4v) is 6.64. The van der Waals surface area contributed by atoms with Gasteiger partial charge in [0.1, 0.15) is 0 Å². The molecule has 104 valence electrons. The fourth-order valence-electron chi connectivity index (χ4n) is 3.27. The van der Waals surface area contributed by atoms with Gasteiger partial charge in [-0.25, -0.2) is 0 Å². The third-order valence-electron chi connectivity index (χ3n) is 4.44. The van der Waals surface area contributed by atoms with Crippen LogP contribution in [0.4, 0.5) is 0 Å². The van der Waals surface area contributed by atoms with Crippen LogP contribution in [-0.2, 0) is 0 Å². The summed E-state index contributed by atoms with van der Waals surface area (Å²) in [6.07, 6.45) is 2.43. The molecule has 0 radical (unpaired) electrons. The minimum Gasteiger partial charge on any atom is -0.162 e. The molecule has 0 saturated carbocycles. The van der Waals surface area contributed by atoms with E-state index in [9.17, 15) is 0 Å². The molecule has 0 bridgehead atoms. The minimum atomic E-state index is -1.12. The molecule has 0 aromatic heterocycles. The van der Waals surface area contributed by atoms with Crippen LogP contribution in [0.5, 0.6) is 0 Å². The molecule has 0 aliphatic carbocycles. The van der Waals surface area contributed by atoms with Gasteiger partial charge in [-0.1, -0.05) is 54.1 Å². The van der Waals surface area contributed by atoms with E-state index in [2.05, 4.69) is 86.0 Å². The van der Waals surface area contributed by atoms with E-state index >= 15 is 0 Å². The van der Waals surface area contributed by atoms with E-state index in [0.29, 0.717) is 0 Å². The van der Waals surface area contributed by atoms with Crippen LogP contribution in [0.3, 0.4) is 0 Å². The highest BCUT2D eigenvalue weighted by molar-refractivity contribution is 8.33. The lowest BCUT2D eigenvalue weighted by atomic mass is 10.1. The molecule has 0 atom stereocenters. The van der Waals surface area contributed by atoms with Gasteiger partial charge in [-0.3, -0.25) is 0 Å². The Hall–Kier alpha value is -1.99. The minimum absolute atomic E-state index is 1.12. The van der Waals surface area contributed by atoms with Gasteiger partial charge in [-0.2, -0.15) is 10.0 Å². The van der Waals surface area contributed by atoms with Crippen LogP contribution < -0.4 is 0 Å². The van der Waals surface area contributed by atoms with Crippen LogP contribution in [0.15, 0.2) is 87.5 Å². The van der Waals surface area contributed by atoms with Crippen molar-refractivity contribution in [2.45, 2.75) is 21.6 Å². The molecule has 1 heteroatoms. The predicted molar refractivity (Wildman–Crippen MR) is 91.4 cm³/mol. The Balaban J connectivity index is 2.06. The lowest BCUT2D eigenvalue weighted by molar-refractivity contribution is 1.33. The molecule has 3 aromatic carbocycles. The summed E-state index contributed by atoms with van der Waals surface area (Å²) >= 11 is 0. The normalized spacial score (nSPS) is 16.1. The molecule has 0 amide bonds. The highest BCUT2D eigenvalue weighted by atomic mass is 32.3. The molecule has 0 N–H and O–H groups in total. The second-order valence-electron chi connectivity index (χ2n) is 5.72. The van der Waals surface area contributed by atoms with Crippen molar-refractivity contribution in [3.8, 4) is 11.1 Å². The van der Waals surface area contributed by atoms with Gasteiger partial charge >= 0.3 is 0 Å². The molecular formula is C20H18S. The van der Waals surface area contributed by atoms with Gasteiger partial charge in [0.2, 0.25) is 0 Å². The maximum Gasteiger partial charge on any atom is 0.00582 e. The largest absolute Gasteiger partial charge is 0.162 e. The smallest absolute Gasteiger partial charge is 0.00582 e.